The molecular formula is C22H19N3. The predicted molar refractivity (Wildman–Crippen MR) is 106 cm³/mol. The van der Waals surface area contributed by atoms with Gasteiger partial charge in [0.1, 0.15) is 5.71 Å². The Hall–Kier alpha value is -3.20. The van der Waals surface area contributed by atoms with Crippen molar-refractivity contribution in [2.45, 2.75) is 13.8 Å². The van der Waals surface area contributed by atoms with E-state index in [2.05, 4.69) is 43.4 Å². The average molecular weight is 325 g/mol. The summed E-state index contributed by atoms with van der Waals surface area (Å²) < 4.78 is 0. The van der Waals surface area contributed by atoms with Crippen LogP contribution in [0.1, 0.15) is 16.7 Å². The van der Waals surface area contributed by atoms with Crippen molar-refractivity contribution in [2.75, 3.05) is 5.32 Å². The van der Waals surface area contributed by atoms with Gasteiger partial charge < -0.3 is 5.32 Å². The van der Waals surface area contributed by atoms with Gasteiger partial charge in [-0.2, -0.15) is 0 Å². The number of amidine groups is 1. The number of anilines is 1. The highest BCUT2D eigenvalue weighted by molar-refractivity contribution is 6.56. The first-order valence-corrected chi connectivity index (χ1v) is 8.38. The third-order valence-electron chi connectivity index (χ3n) is 4.35. The third kappa shape index (κ3) is 2.96. The fourth-order valence-corrected chi connectivity index (χ4v) is 2.93. The van der Waals surface area contributed by atoms with E-state index in [1.807, 2.05) is 48.5 Å². The molecule has 0 fully saturated rings. The molecule has 25 heavy (non-hydrogen) atoms. The van der Waals surface area contributed by atoms with Crippen LogP contribution < -0.4 is 5.32 Å². The molecule has 1 heterocycles. The summed E-state index contributed by atoms with van der Waals surface area (Å²) in [6.07, 6.45) is 0. The minimum atomic E-state index is 0.791. The first-order chi connectivity index (χ1) is 12.2. The number of nitrogens with one attached hydrogen (secondary N) is 1. The Balaban J connectivity index is 1.87. The average Bonchev–Trinajstić information content (AvgIpc) is 2.96. The van der Waals surface area contributed by atoms with Crippen LogP contribution in [0.4, 0.5) is 17.1 Å². The highest BCUT2D eigenvalue weighted by atomic mass is 15.1. The molecule has 3 heteroatoms. The lowest BCUT2D eigenvalue weighted by Crippen LogP contribution is -2.15. The Morgan fingerprint density at radius 1 is 0.640 bits per heavy atom. The second-order valence-electron chi connectivity index (χ2n) is 6.16. The van der Waals surface area contributed by atoms with E-state index in [9.17, 15) is 0 Å². The molecule has 0 saturated carbocycles. The molecule has 0 aromatic heterocycles. The van der Waals surface area contributed by atoms with Crippen LogP contribution in [0, 0.1) is 13.8 Å². The summed E-state index contributed by atoms with van der Waals surface area (Å²) in [6.45, 7) is 4.14. The normalized spacial score (nSPS) is 16.1. The van der Waals surface area contributed by atoms with Crippen molar-refractivity contribution in [3.8, 4) is 0 Å². The van der Waals surface area contributed by atoms with Crippen LogP contribution >= 0.6 is 0 Å². The maximum Gasteiger partial charge on any atom is 0.157 e. The molecule has 0 atom stereocenters. The van der Waals surface area contributed by atoms with Gasteiger partial charge in [-0.1, -0.05) is 54.6 Å². The summed E-state index contributed by atoms with van der Waals surface area (Å²) in [4.78, 5) is 9.78. The first kappa shape index (κ1) is 15.3. The van der Waals surface area contributed by atoms with Crippen molar-refractivity contribution in [3.05, 3.63) is 89.5 Å². The molecule has 1 N–H and O–H groups in total. The van der Waals surface area contributed by atoms with Gasteiger partial charge in [0.15, 0.2) is 5.84 Å². The number of nitrogens with zero attached hydrogens (tertiary/aromatic N) is 2. The van der Waals surface area contributed by atoms with Crippen molar-refractivity contribution >= 4 is 28.6 Å². The van der Waals surface area contributed by atoms with Crippen LogP contribution in [0.15, 0.2) is 82.8 Å². The Kier molecular flexibility index (Phi) is 3.90. The standard InChI is InChI=1S/C22H19N3/c1-15-9-3-6-12-18(15)23-21-17-11-5-8-14-20(17)25-22(21)24-19-13-7-4-10-16(19)2/h3-14H,1-2H3,(H,23,24,25). The zero-order valence-electron chi connectivity index (χ0n) is 14.3. The largest absolute Gasteiger partial charge is 0.338 e. The molecule has 3 nitrogen and oxygen atoms in total. The molecule has 0 aliphatic carbocycles. The van der Waals surface area contributed by atoms with E-state index < -0.39 is 0 Å². The van der Waals surface area contributed by atoms with Crippen molar-refractivity contribution in [1.82, 2.24) is 0 Å². The summed E-state index contributed by atoms with van der Waals surface area (Å²) in [5.74, 6) is 0.791. The van der Waals surface area contributed by atoms with Crippen molar-refractivity contribution < 1.29 is 0 Å². The topological polar surface area (TPSA) is 36.8 Å². The number of para-hydroxylation sites is 3. The molecule has 0 amide bonds. The van der Waals surface area contributed by atoms with Gasteiger partial charge in [0, 0.05) is 11.3 Å². The van der Waals surface area contributed by atoms with E-state index in [1.165, 1.54) is 0 Å². The van der Waals surface area contributed by atoms with Gasteiger partial charge in [-0.05, 0) is 43.2 Å². The Labute approximate surface area is 147 Å². The van der Waals surface area contributed by atoms with Gasteiger partial charge in [0.2, 0.25) is 0 Å². The zero-order valence-corrected chi connectivity index (χ0v) is 14.3. The summed E-state index contributed by atoms with van der Waals surface area (Å²) in [5.41, 5.74) is 7.22. The Bertz CT molecular complexity index is 999. The highest BCUT2D eigenvalue weighted by Crippen LogP contribution is 2.29. The number of hydrogen-bond donors (Lipinski definition) is 1. The molecule has 1 aliphatic heterocycles. The van der Waals surface area contributed by atoms with E-state index in [0.29, 0.717) is 0 Å². The van der Waals surface area contributed by atoms with Crippen LogP contribution in [0.25, 0.3) is 0 Å². The van der Waals surface area contributed by atoms with Gasteiger partial charge >= 0.3 is 0 Å². The number of hydrogen-bond acceptors (Lipinski definition) is 2. The molecular weight excluding hydrogens is 306 g/mol. The molecule has 4 rings (SSSR count). The first-order valence-electron chi connectivity index (χ1n) is 8.38. The lowest BCUT2D eigenvalue weighted by atomic mass is 10.1. The molecule has 1 aliphatic rings. The number of aryl methyl sites for hydroxylation is 2. The third-order valence-corrected chi connectivity index (χ3v) is 4.35. The second kappa shape index (κ2) is 6.36. The van der Waals surface area contributed by atoms with Crippen LogP contribution in [-0.2, 0) is 0 Å². The maximum atomic E-state index is 4.93. The zero-order chi connectivity index (χ0) is 17.2. The summed E-state index contributed by atoms with van der Waals surface area (Å²) in [6, 6.07) is 24.5. The Morgan fingerprint density at radius 3 is 1.88 bits per heavy atom. The number of benzene rings is 3. The van der Waals surface area contributed by atoms with E-state index >= 15 is 0 Å². The van der Waals surface area contributed by atoms with Crippen molar-refractivity contribution in [2.24, 2.45) is 9.98 Å². The maximum absolute atomic E-state index is 4.93. The van der Waals surface area contributed by atoms with E-state index in [-0.39, 0.29) is 0 Å². The number of fused-ring (bicyclic) bond motifs is 1. The Morgan fingerprint density at radius 2 is 1.20 bits per heavy atom. The minimum absolute atomic E-state index is 0.791. The fourth-order valence-electron chi connectivity index (χ4n) is 2.93. The van der Waals surface area contributed by atoms with Crippen LogP contribution in [0.5, 0.6) is 0 Å². The summed E-state index contributed by atoms with van der Waals surface area (Å²) in [7, 11) is 0. The minimum Gasteiger partial charge on any atom is -0.338 e. The van der Waals surface area contributed by atoms with Gasteiger partial charge in [-0.15, -0.1) is 0 Å². The molecule has 3 aromatic carbocycles. The molecule has 0 spiro atoms. The molecule has 0 saturated heterocycles. The predicted octanol–water partition coefficient (Wildman–Crippen LogP) is 5.58. The van der Waals surface area contributed by atoms with Crippen molar-refractivity contribution in [1.29, 1.82) is 0 Å². The SMILES string of the molecule is Cc1ccccc1N=C1Nc2ccccc2C1=Nc1ccccc1C. The number of rotatable bonds is 2. The van der Waals surface area contributed by atoms with E-state index in [0.717, 1.165) is 45.3 Å². The lowest BCUT2D eigenvalue weighted by Gasteiger charge is -2.05. The van der Waals surface area contributed by atoms with Gasteiger partial charge in [-0.25, -0.2) is 9.98 Å². The van der Waals surface area contributed by atoms with Crippen LogP contribution in [0.2, 0.25) is 0 Å². The number of aliphatic imine (C=N–C) groups is 2. The van der Waals surface area contributed by atoms with Gasteiger partial charge in [-0.3, -0.25) is 0 Å². The van der Waals surface area contributed by atoms with E-state index in [4.69, 9.17) is 9.98 Å². The summed E-state index contributed by atoms with van der Waals surface area (Å²) >= 11 is 0. The van der Waals surface area contributed by atoms with Crippen molar-refractivity contribution in [3.63, 3.8) is 0 Å². The van der Waals surface area contributed by atoms with Gasteiger partial charge in [0.05, 0.1) is 11.4 Å². The second-order valence-corrected chi connectivity index (χ2v) is 6.16. The quantitative estimate of drug-likeness (QED) is 0.656. The van der Waals surface area contributed by atoms with Crippen LogP contribution in [-0.4, -0.2) is 11.5 Å². The molecule has 122 valence electrons. The molecule has 0 radical (unpaired) electrons. The van der Waals surface area contributed by atoms with Gasteiger partial charge in [0.25, 0.3) is 0 Å². The fraction of sp³-hybridized carbons (Fsp3) is 0.0909. The highest BCUT2D eigenvalue weighted by Gasteiger charge is 2.24. The van der Waals surface area contributed by atoms with E-state index in [1.54, 1.807) is 0 Å². The monoisotopic (exact) mass is 325 g/mol. The lowest BCUT2D eigenvalue weighted by molar-refractivity contribution is 1.39. The molecule has 0 unspecified atom stereocenters. The molecule has 3 aromatic rings. The smallest absolute Gasteiger partial charge is 0.157 e. The van der Waals surface area contributed by atoms with Crippen LogP contribution in [0.3, 0.4) is 0 Å². The summed E-state index contributed by atoms with van der Waals surface area (Å²) in [5, 5.41) is 3.42. The molecule has 0 bridgehead atoms.